The predicted molar refractivity (Wildman–Crippen MR) is 79.1 cm³/mol. The normalized spacial score (nSPS) is 24.0. The number of nitrogens with two attached hydrogens (primary N) is 1. The topological polar surface area (TPSA) is 48.2 Å². The summed E-state index contributed by atoms with van der Waals surface area (Å²) in [6.45, 7) is 10.4. The molecule has 0 aromatic rings. The second kappa shape index (κ2) is 9.63. The summed E-state index contributed by atoms with van der Waals surface area (Å²) in [7, 11) is 6.49. The monoisotopic (exact) mass is 273 g/mol. The Bertz CT molecular complexity index is 200. The minimum absolute atomic E-state index is 0.326. The fourth-order valence-electron chi connectivity index (χ4n) is 2.07. The van der Waals surface area contributed by atoms with Gasteiger partial charge in [-0.2, -0.15) is 0 Å². The summed E-state index contributed by atoms with van der Waals surface area (Å²) < 4.78 is 5.09. The first kappa shape index (κ1) is 16.8. The summed E-state index contributed by atoms with van der Waals surface area (Å²) in [6.07, 6.45) is 0. The van der Waals surface area contributed by atoms with Gasteiger partial charge < -0.3 is 25.2 Å². The van der Waals surface area contributed by atoms with E-state index in [2.05, 4.69) is 40.7 Å². The second-order valence-corrected chi connectivity index (χ2v) is 5.53. The quantitative estimate of drug-likeness (QED) is 0.665. The number of hydrogen-bond donors (Lipinski definition) is 1. The Hall–Kier alpha value is -0.240. The number of piperazine rings is 2. The molecule has 0 saturated carbocycles. The van der Waals surface area contributed by atoms with Gasteiger partial charge in [-0.3, -0.25) is 4.90 Å². The highest BCUT2D eigenvalue weighted by molar-refractivity contribution is 4.66. The molecule has 2 rings (SSSR count). The molecule has 6 nitrogen and oxygen atoms in total. The van der Waals surface area contributed by atoms with Crippen LogP contribution in [0.4, 0.5) is 0 Å². The van der Waals surface area contributed by atoms with Crippen molar-refractivity contribution in [1.82, 2.24) is 19.6 Å². The molecule has 0 aliphatic carbocycles. The van der Waals surface area contributed by atoms with Gasteiger partial charge in [-0.05, 0) is 21.1 Å². The average Bonchev–Trinajstić information content (AvgIpc) is 2.42. The van der Waals surface area contributed by atoms with E-state index in [-0.39, 0.29) is 0 Å². The van der Waals surface area contributed by atoms with Crippen molar-refractivity contribution < 1.29 is 4.74 Å². The van der Waals surface area contributed by atoms with Crippen molar-refractivity contribution in [2.24, 2.45) is 5.73 Å². The lowest BCUT2D eigenvalue weighted by atomic mass is 10.3. The Balaban J connectivity index is 0.000000200. The fraction of sp³-hybridized carbons (Fsp3) is 1.00. The van der Waals surface area contributed by atoms with Gasteiger partial charge in [0.2, 0.25) is 0 Å². The van der Waals surface area contributed by atoms with Crippen molar-refractivity contribution in [2.75, 3.05) is 87.0 Å². The molecule has 0 atom stereocenters. The Morgan fingerprint density at radius 2 is 1.11 bits per heavy atom. The van der Waals surface area contributed by atoms with Crippen LogP contribution in [-0.2, 0) is 4.74 Å². The third-order valence-electron chi connectivity index (χ3n) is 3.71. The highest BCUT2D eigenvalue weighted by Crippen LogP contribution is 1.97. The number of hydrogen-bond acceptors (Lipinski definition) is 6. The molecule has 2 heterocycles. The van der Waals surface area contributed by atoms with Crippen molar-refractivity contribution in [3.63, 3.8) is 0 Å². The standard InChI is InChI=1S/C7H17N3O.C6H14N2/c1-9-2-4-10(5-3-9)7-11-6-8;1-7-3-5-8(2)6-4-7/h2-8H2,1H3;3-6H2,1-2H3. The zero-order valence-electron chi connectivity index (χ0n) is 12.8. The summed E-state index contributed by atoms with van der Waals surface area (Å²) >= 11 is 0. The zero-order valence-corrected chi connectivity index (χ0v) is 12.8. The van der Waals surface area contributed by atoms with Crippen LogP contribution in [0.3, 0.4) is 0 Å². The van der Waals surface area contributed by atoms with Crippen LogP contribution >= 0.6 is 0 Å². The predicted octanol–water partition coefficient (Wildman–Crippen LogP) is -1.01. The van der Waals surface area contributed by atoms with Gasteiger partial charge in [0, 0.05) is 52.4 Å². The highest BCUT2D eigenvalue weighted by Gasteiger charge is 2.12. The summed E-state index contributed by atoms with van der Waals surface area (Å²) in [5.41, 5.74) is 5.21. The minimum atomic E-state index is 0.326. The van der Waals surface area contributed by atoms with E-state index in [1.165, 1.54) is 26.2 Å². The number of ether oxygens (including phenoxy) is 1. The van der Waals surface area contributed by atoms with E-state index in [4.69, 9.17) is 10.5 Å². The number of nitrogens with zero attached hydrogens (tertiary/aromatic N) is 4. The first-order valence-corrected chi connectivity index (χ1v) is 7.17. The molecule has 0 unspecified atom stereocenters. The van der Waals surface area contributed by atoms with Gasteiger partial charge >= 0.3 is 0 Å². The van der Waals surface area contributed by atoms with Crippen LogP contribution in [0.2, 0.25) is 0 Å². The van der Waals surface area contributed by atoms with Crippen molar-refractivity contribution >= 4 is 0 Å². The fourth-order valence-corrected chi connectivity index (χ4v) is 2.07. The molecule has 19 heavy (non-hydrogen) atoms. The van der Waals surface area contributed by atoms with Gasteiger partial charge in [-0.15, -0.1) is 0 Å². The molecule has 2 aliphatic heterocycles. The number of rotatable bonds is 3. The van der Waals surface area contributed by atoms with Crippen molar-refractivity contribution in [1.29, 1.82) is 0 Å². The van der Waals surface area contributed by atoms with E-state index in [0.29, 0.717) is 13.5 Å². The third kappa shape index (κ3) is 7.81. The van der Waals surface area contributed by atoms with Crippen LogP contribution in [0.25, 0.3) is 0 Å². The lowest BCUT2D eigenvalue weighted by Gasteiger charge is -2.31. The van der Waals surface area contributed by atoms with E-state index < -0.39 is 0 Å². The van der Waals surface area contributed by atoms with E-state index in [0.717, 1.165) is 26.2 Å². The van der Waals surface area contributed by atoms with Gasteiger partial charge in [0.15, 0.2) is 0 Å². The van der Waals surface area contributed by atoms with Gasteiger partial charge in [0.25, 0.3) is 0 Å². The van der Waals surface area contributed by atoms with Crippen LogP contribution in [-0.4, -0.2) is 107 Å². The molecule has 0 spiro atoms. The van der Waals surface area contributed by atoms with Crippen LogP contribution < -0.4 is 5.73 Å². The first-order valence-electron chi connectivity index (χ1n) is 7.17. The Morgan fingerprint density at radius 1 is 0.737 bits per heavy atom. The van der Waals surface area contributed by atoms with Crippen molar-refractivity contribution in [2.45, 2.75) is 0 Å². The second-order valence-electron chi connectivity index (χ2n) is 5.53. The molecule has 0 aromatic carbocycles. The molecular weight excluding hydrogens is 242 g/mol. The molecule has 0 bridgehead atoms. The maximum Gasteiger partial charge on any atom is 0.101 e. The van der Waals surface area contributed by atoms with Gasteiger partial charge in [0.1, 0.15) is 6.73 Å². The largest absolute Gasteiger partial charge is 0.351 e. The lowest BCUT2D eigenvalue weighted by Crippen LogP contribution is -2.45. The molecule has 0 aromatic heterocycles. The maximum absolute atomic E-state index is 5.21. The lowest BCUT2D eigenvalue weighted by molar-refractivity contribution is 0.00899. The number of likely N-dealkylation sites (N-methyl/N-ethyl adjacent to an activating group) is 3. The molecule has 2 N–H and O–H groups in total. The average molecular weight is 273 g/mol. The Kier molecular flexibility index (Phi) is 8.52. The summed E-state index contributed by atoms with van der Waals surface area (Å²) in [5, 5.41) is 0. The van der Waals surface area contributed by atoms with Gasteiger partial charge in [0.05, 0.1) is 6.73 Å². The Labute approximate surface area is 118 Å². The van der Waals surface area contributed by atoms with Crippen LogP contribution in [0.5, 0.6) is 0 Å². The summed E-state index contributed by atoms with van der Waals surface area (Å²) in [5.74, 6) is 0. The van der Waals surface area contributed by atoms with Gasteiger partial charge in [-0.25, -0.2) is 0 Å². The highest BCUT2D eigenvalue weighted by atomic mass is 16.5. The van der Waals surface area contributed by atoms with Crippen LogP contribution in [0.1, 0.15) is 0 Å². The summed E-state index contributed by atoms with van der Waals surface area (Å²) in [6, 6.07) is 0. The van der Waals surface area contributed by atoms with Crippen LogP contribution in [0, 0.1) is 0 Å². The van der Waals surface area contributed by atoms with E-state index in [1.807, 2.05) is 0 Å². The van der Waals surface area contributed by atoms with E-state index in [1.54, 1.807) is 0 Å². The first-order chi connectivity index (χ1) is 9.11. The third-order valence-corrected chi connectivity index (χ3v) is 3.71. The minimum Gasteiger partial charge on any atom is -0.351 e. The molecule has 2 fully saturated rings. The molecule has 2 saturated heterocycles. The molecule has 0 amide bonds. The molecule has 0 radical (unpaired) electrons. The maximum atomic E-state index is 5.21. The van der Waals surface area contributed by atoms with Gasteiger partial charge in [-0.1, -0.05) is 0 Å². The SMILES string of the molecule is CN1CCN(C)CC1.CN1CCN(COCN)CC1. The molecular formula is C13H31N5O. The molecule has 114 valence electrons. The van der Waals surface area contributed by atoms with E-state index >= 15 is 0 Å². The smallest absolute Gasteiger partial charge is 0.101 e. The zero-order chi connectivity index (χ0) is 14.1. The van der Waals surface area contributed by atoms with E-state index in [9.17, 15) is 0 Å². The Morgan fingerprint density at radius 3 is 1.47 bits per heavy atom. The van der Waals surface area contributed by atoms with Crippen LogP contribution in [0.15, 0.2) is 0 Å². The molecule has 6 heteroatoms. The summed E-state index contributed by atoms with van der Waals surface area (Å²) in [4.78, 5) is 9.31. The van der Waals surface area contributed by atoms with Crippen molar-refractivity contribution in [3.05, 3.63) is 0 Å². The molecule has 2 aliphatic rings. The van der Waals surface area contributed by atoms with Crippen molar-refractivity contribution in [3.8, 4) is 0 Å².